The van der Waals surface area contributed by atoms with Gasteiger partial charge in [-0.15, -0.1) is 0 Å². The van der Waals surface area contributed by atoms with Gasteiger partial charge in [-0.2, -0.15) is 8.78 Å². The van der Waals surface area contributed by atoms with Crippen LogP contribution in [0.3, 0.4) is 0 Å². The Bertz CT molecular complexity index is 964. The molecule has 2 N–H and O–H groups in total. The fourth-order valence-electron chi connectivity index (χ4n) is 3.09. The molecule has 1 saturated heterocycles. The van der Waals surface area contributed by atoms with Crippen LogP contribution in [0, 0.1) is 6.92 Å². The van der Waals surface area contributed by atoms with Crippen molar-refractivity contribution in [2.24, 2.45) is 0 Å². The number of halogens is 2. The summed E-state index contributed by atoms with van der Waals surface area (Å²) in [5, 5.41) is 3.24. The Morgan fingerprint density at radius 1 is 1.10 bits per heavy atom. The molecule has 0 aliphatic carbocycles. The molecule has 0 amide bonds. The summed E-state index contributed by atoms with van der Waals surface area (Å²) in [5.41, 5.74) is 1.28. The molecule has 2 aromatic carbocycles. The van der Waals surface area contributed by atoms with Gasteiger partial charge in [0.2, 0.25) is 0 Å². The fraction of sp³-hybridized carbons (Fsp3) is 0.368. The van der Waals surface area contributed by atoms with Crippen LogP contribution in [-0.4, -0.2) is 48.3 Å². The average molecular weight is 427 g/mol. The third-order valence-corrected chi connectivity index (χ3v) is 5.95. The molecule has 0 aromatic heterocycles. The van der Waals surface area contributed by atoms with Gasteiger partial charge in [-0.25, -0.2) is 8.42 Å². The van der Waals surface area contributed by atoms with Crippen LogP contribution in [0.5, 0.6) is 11.5 Å². The molecule has 2 aromatic rings. The lowest BCUT2D eigenvalue weighted by atomic mass is 10.2. The molecule has 3 rings (SSSR count). The SMILES string of the molecule is COc1ccc(S(=O)(=O)Nc2ccc(C)c(OC(F)F)c2)cc1N1CCNCC1. The smallest absolute Gasteiger partial charge is 0.387 e. The zero-order chi connectivity index (χ0) is 21.0. The Morgan fingerprint density at radius 3 is 2.48 bits per heavy atom. The number of ether oxygens (including phenoxy) is 2. The first kappa shape index (κ1) is 21.1. The number of hydrogen-bond donors (Lipinski definition) is 2. The number of benzene rings is 2. The summed E-state index contributed by atoms with van der Waals surface area (Å²) < 4.78 is 63.1. The minimum Gasteiger partial charge on any atom is -0.495 e. The standard InChI is InChI=1S/C19H23F2N3O4S/c1-13-3-4-14(11-18(13)28-19(20)21)23-29(25,26)15-5-6-17(27-2)16(12-15)24-9-7-22-8-10-24/h3-6,11-12,19,22-23H,7-10H2,1-2H3. The Kier molecular flexibility index (Phi) is 6.43. The first-order chi connectivity index (χ1) is 13.8. The minimum absolute atomic E-state index is 0.0451. The first-order valence-corrected chi connectivity index (χ1v) is 10.5. The van der Waals surface area contributed by atoms with E-state index in [0.29, 0.717) is 17.0 Å². The fourth-order valence-corrected chi connectivity index (χ4v) is 4.16. The zero-order valence-corrected chi connectivity index (χ0v) is 16.9. The summed E-state index contributed by atoms with van der Waals surface area (Å²) in [5.74, 6) is 0.491. The highest BCUT2D eigenvalue weighted by atomic mass is 32.2. The van der Waals surface area contributed by atoms with Crippen LogP contribution >= 0.6 is 0 Å². The molecule has 0 atom stereocenters. The normalized spacial score (nSPS) is 14.7. The minimum atomic E-state index is -3.95. The Morgan fingerprint density at radius 2 is 1.83 bits per heavy atom. The molecule has 0 radical (unpaired) electrons. The number of methoxy groups -OCH3 is 1. The average Bonchev–Trinajstić information content (AvgIpc) is 2.70. The largest absolute Gasteiger partial charge is 0.495 e. The van der Waals surface area contributed by atoms with Crippen molar-refractivity contribution >= 4 is 21.4 Å². The molecule has 1 heterocycles. The van der Waals surface area contributed by atoms with Crippen molar-refractivity contribution in [1.82, 2.24) is 5.32 Å². The van der Waals surface area contributed by atoms with Gasteiger partial charge < -0.3 is 19.7 Å². The molecule has 1 aliphatic rings. The van der Waals surface area contributed by atoms with Gasteiger partial charge in [0, 0.05) is 32.2 Å². The van der Waals surface area contributed by atoms with Crippen LogP contribution in [0.15, 0.2) is 41.3 Å². The number of nitrogens with zero attached hydrogens (tertiary/aromatic N) is 1. The number of piperazine rings is 1. The zero-order valence-electron chi connectivity index (χ0n) is 16.1. The van der Waals surface area contributed by atoms with Gasteiger partial charge in [0.25, 0.3) is 10.0 Å². The van der Waals surface area contributed by atoms with Crippen molar-refractivity contribution in [3.63, 3.8) is 0 Å². The van der Waals surface area contributed by atoms with E-state index in [2.05, 4.69) is 19.7 Å². The van der Waals surface area contributed by atoms with Crippen molar-refractivity contribution in [3.05, 3.63) is 42.0 Å². The van der Waals surface area contributed by atoms with E-state index in [1.54, 1.807) is 19.1 Å². The maximum absolute atomic E-state index is 12.9. The van der Waals surface area contributed by atoms with Crippen molar-refractivity contribution in [1.29, 1.82) is 0 Å². The number of anilines is 2. The van der Waals surface area contributed by atoms with E-state index in [4.69, 9.17) is 4.74 Å². The Hall–Kier alpha value is -2.59. The highest BCUT2D eigenvalue weighted by molar-refractivity contribution is 7.92. The third kappa shape index (κ3) is 5.07. The van der Waals surface area contributed by atoms with Crippen molar-refractivity contribution in [2.45, 2.75) is 18.4 Å². The van der Waals surface area contributed by atoms with Gasteiger partial charge in [-0.1, -0.05) is 6.07 Å². The molecule has 1 aliphatic heterocycles. The van der Waals surface area contributed by atoms with Crippen molar-refractivity contribution < 1.29 is 26.7 Å². The van der Waals surface area contributed by atoms with Gasteiger partial charge in [0.05, 0.1) is 23.4 Å². The van der Waals surface area contributed by atoms with Gasteiger partial charge in [-0.05, 0) is 36.8 Å². The molecule has 0 bridgehead atoms. The molecular formula is C19H23F2N3O4S. The van der Waals surface area contributed by atoms with Crippen molar-refractivity contribution in [3.8, 4) is 11.5 Å². The van der Waals surface area contributed by atoms with E-state index in [1.807, 2.05) is 0 Å². The number of alkyl halides is 2. The monoisotopic (exact) mass is 427 g/mol. The summed E-state index contributed by atoms with van der Waals surface area (Å²) in [7, 11) is -2.42. The van der Waals surface area contributed by atoms with E-state index in [9.17, 15) is 17.2 Å². The van der Waals surface area contributed by atoms with E-state index in [0.717, 1.165) is 26.2 Å². The van der Waals surface area contributed by atoms with Crippen LogP contribution in [0.2, 0.25) is 0 Å². The lowest BCUT2D eigenvalue weighted by molar-refractivity contribution is -0.0502. The predicted octanol–water partition coefficient (Wildman–Crippen LogP) is 2.82. The molecule has 0 unspecified atom stereocenters. The van der Waals surface area contributed by atoms with Crippen molar-refractivity contribution in [2.75, 3.05) is 42.9 Å². The number of nitrogens with one attached hydrogen (secondary N) is 2. The Balaban J connectivity index is 1.89. The number of hydrogen-bond acceptors (Lipinski definition) is 6. The van der Waals surface area contributed by atoms with Gasteiger partial charge in [0.15, 0.2) is 0 Å². The second-order valence-corrected chi connectivity index (χ2v) is 8.22. The van der Waals surface area contributed by atoms with Gasteiger partial charge >= 0.3 is 6.61 Å². The van der Waals surface area contributed by atoms with Crippen LogP contribution in [-0.2, 0) is 10.0 Å². The van der Waals surface area contributed by atoms with Crippen LogP contribution in [0.25, 0.3) is 0 Å². The lowest BCUT2D eigenvalue weighted by Gasteiger charge is -2.30. The van der Waals surface area contributed by atoms with Crippen LogP contribution < -0.4 is 24.4 Å². The second kappa shape index (κ2) is 8.83. The second-order valence-electron chi connectivity index (χ2n) is 6.53. The van der Waals surface area contributed by atoms with E-state index in [-0.39, 0.29) is 16.3 Å². The maximum atomic E-state index is 12.9. The summed E-state index contributed by atoms with van der Waals surface area (Å²) in [6.45, 7) is 1.62. The summed E-state index contributed by atoms with van der Waals surface area (Å²) in [6, 6.07) is 8.84. The van der Waals surface area contributed by atoms with Crippen LogP contribution in [0.1, 0.15) is 5.56 Å². The third-order valence-electron chi connectivity index (χ3n) is 4.57. The van der Waals surface area contributed by atoms with E-state index < -0.39 is 16.6 Å². The molecule has 158 valence electrons. The number of aryl methyl sites for hydroxylation is 1. The van der Waals surface area contributed by atoms with E-state index in [1.165, 1.54) is 31.4 Å². The molecule has 0 spiro atoms. The predicted molar refractivity (Wildman–Crippen MR) is 107 cm³/mol. The molecule has 0 saturated carbocycles. The molecule has 10 heteroatoms. The van der Waals surface area contributed by atoms with E-state index >= 15 is 0 Å². The quantitative estimate of drug-likeness (QED) is 0.708. The number of sulfonamides is 1. The highest BCUT2D eigenvalue weighted by Gasteiger charge is 2.21. The van der Waals surface area contributed by atoms with Gasteiger partial charge in [0.1, 0.15) is 11.5 Å². The molecular weight excluding hydrogens is 404 g/mol. The summed E-state index contributed by atoms with van der Waals surface area (Å²) >= 11 is 0. The topological polar surface area (TPSA) is 79.9 Å². The highest BCUT2D eigenvalue weighted by Crippen LogP contribution is 2.32. The molecule has 7 nitrogen and oxygen atoms in total. The first-order valence-electron chi connectivity index (χ1n) is 9.02. The van der Waals surface area contributed by atoms with Gasteiger partial charge in [-0.3, -0.25) is 4.72 Å². The van der Waals surface area contributed by atoms with Crippen LogP contribution in [0.4, 0.5) is 20.2 Å². The summed E-state index contributed by atoms with van der Waals surface area (Å²) in [4.78, 5) is 2.10. The summed E-state index contributed by atoms with van der Waals surface area (Å²) in [6.07, 6.45) is 0. The maximum Gasteiger partial charge on any atom is 0.387 e. The molecule has 29 heavy (non-hydrogen) atoms. The Labute approximate surface area is 168 Å². The molecule has 1 fully saturated rings. The lowest BCUT2D eigenvalue weighted by Crippen LogP contribution is -2.43. The number of rotatable bonds is 7.